The third-order valence-electron chi connectivity index (χ3n) is 5.69. The Balaban J connectivity index is 2.08. The summed E-state index contributed by atoms with van der Waals surface area (Å²) in [6.07, 6.45) is 3.43. The number of carbonyl (C=O) groups is 1. The summed E-state index contributed by atoms with van der Waals surface area (Å²) >= 11 is 0. The number of hydrogen-bond donors (Lipinski definition) is 0. The predicted molar refractivity (Wildman–Crippen MR) is 108 cm³/mol. The fourth-order valence-electron chi connectivity index (χ4n) is 5.10. The first kappa shape index (κ1) is 19.5. The average Bonchev–Trinajstić information content (AvgIpc) is 2.60. The Kier molecular flexibility index (Phi) is 5.32. The van der Waals surface area contributed by atoms with Gasteiger partial charge in [0.05, 0.1) is 7.11 Å². The molecule has 2 aromatic rings. The molecular formula is C24H30O3. The lowest BCUT2D eigenvalue weighted by Gasteiger charge is -2.48. The monoisotopic (exact) mass is 366 g/mol. The summed E-state index contributed by atoms with van der Waals surface area (Å²) in [5, 5.41) is 0. The van der Waals surface area contributed by atoms with Gasteiger partial charge in [0.1, 0.15) is 11.5 Å². The quantitative estimate of drug-likeness (QED) is 0.510. The highest BCUT2D eigenvalue weighted by molar-refractivity contribution is 5.69. The van der Waals surface area contributed by atoms with Crippen molar-refractivity contribution in [2.24, 2.45) is 11.3 Å². The lowest BCUT2D eigenvalue weighted by molar-refractivity contribution is -0.131. The number of esters is 1. The van der Waals surface area contributed by atoms with Crippen LogP contribution in [0, 0.1) is 11.3 Å². The highest BCUT2D eigenvalue weighted by atomic mass is 16.5. The first-order chi connectivity index (χ1) is 12.7. The second-order valence-corrected chi connectivity index (χ2v) is 8.78. The minimum Gasteiger partial charge on any atom is -0.497 e. The van der Waals surface area contributed by atoms with Crippen LogP contribution in [0.2, 0.25) is 0 Å². The van der Waals surface area contributed by atoms with E-state index in [0.29, 0.717) is 11.7 Å². The number of rotatable bonds is 4. The third-order valence-corrected chi connectivity index (χ3v) is 5.69. The van der Waals surface area contributed by atoms with Gasteiger partial charge >= 0.3 is 5.97 Å². The zero-order chi connectivity index (χ0) is 19.7. The van der Waals surface area contributed by atoms with Gasteiger partial charge in [-0.15, -0.1) is 0 Å². The van der Waals surface area contributed by atoms with E-state index in [9.17, 15) is 4.79 Å². The van der Waals surface area contributed by atoms with Gasteiger partial charge in [-0.2, -0.15) is 0 Å². The van der Waals surface area contributed by atoms with E-state index in [1.807, 2.05) is 12.1 Å². The lowest BCUT2D eigenvalue weighted by Crippen LogP contribution is -2.41. The minimum atomic E-state index is -0.292. The SMILES string of the molecule is COc1ccc(C2(c3ccc(OC(C)=O)cc3)CC(C)CC(C)(C)C2)cc1. The molecule has 3 rings (SSSR count). The molecule has 0 saturated heterocycles. The van der Waals surface area contributed by atoms with Crippen LogP contribution in [-0.4, -0.2) is 13.1 Å². The van der Waals surface area contributed by atoms with Gasteiger partial charge in [-0.3, -0.25) is 4.79 Å². The molecule has 0 aliphatic heterocycles. The van der Waals surface area contributed by atoms with Crippen molar-refractivity contribution in [1.29, 1.82) is 0 Å². The molecule has 1 fully saturated rings. The van der Waals surface area contributed by atoms with Crippen LogP contribution in [0.15, 0.2) is 48.5 Å². The van der Waals surface area contributed by atoms with E-state index in [2.05, 4.69) is 57.2 Å². The van der Waals surface area contributed by atoms with Gasteiger partial charge in [-0.05, 0) is 66.0 Å². The Morgan fingerprint density at radius 3 is 1.89 bits per heavy atom. The number of hydrogen-bond acceptors (Lipinski definition) is 3. The predicted octanol–water partition coefficient (Wildman–Crippen LogP) is 5.75. The Hall–Kier alpha value is -2.29. The number of methoxy groups -OCH3 is 1. The molecule has 3 nitrogen and oxygen atoms in total. The minimum absolute atomic E-state index is 0.0534. The molecule has 2 unspecified atom stereocenters. The molecule has 2 aromatic carbocycles. The van der Waals surface area contributed by atoms with Crippen molar-refractivity contribution < 1.29 is 14.3 Å². The molecule has 1 aliphatic carbocycles. The van der Waals surface area contributed by atoms with E-state index in [1.54, 1.807) is 7.11 Å². The van der Waals surface area contributed by atoms with Gasteiger partial charge < -0.3 is 9.47 Å². The molecule has 144 valence electrons. The van der Waals surface area contributed by atoms with E-state index >= 15 is 0 Å². The molecule has 0 spiro atoms. The Morgan fingerprint density at radius 1 is 0.926 bits per heavy atom. The number of benzene rings is 2. The Labute approximate surface area is 162 Å². The molecule has 0 aromatic heterocycles. The summed E-state index contributed by atoms with van der Waals surface area (Å²) in [4.78, 5) is 11.2. The van der Waals surface area contributed by atoms with Crippen LogP contribution < -0.4 is 9.47 Å². The van der Waals surface area contributed by atoms with Crippen LogP contribution in [0.4, 0.5) is 0 Å². The van der Waals surface area contributed by atoms with Gasteiger partial charge in [0.15, 0.2) is 0 Å². The summed E-state index contributed by atoms with van der Waals surface area (Å²) in [7, 11) is 1.70. The fourth-order valence-corrected chi connectivity index (χ4v) is 5.10. The maximum atomic E-state index is 11.2. The molecule has 3 heteroatoms. The third kappa shape index (κ3) is 4.18. The van der Waals surface area contributed by atoms with Gasteiger partial charge in [-0.1, -0.05) is 45.0 Å². The topological polar surface area (TPSA) is 35.5 Å². The van der Waals surface area contributed by atoms with E-state index in [-0.39, 0.29) is 16.8 Å². The Morgan fingerprint density at radius 2 is 1.44 bits per heavy atom. The molecule has 0 amide bonds. The second kappa shape index (κ2) is 7.38. The first-order valence-electron chi connectivity index (χ1n) is 9.68. The van der Waals surface area contributed by atoms with Crippen LogP contribution in [-0.2, 0) is 10.2 Å². The molecule has 0 N–H and O–H groups in total. The maximum Gasteiger partial charge on any atom is 0.308 e. The molecule has 1 aliphatic rings. The molecular weight excluding hydrogens is 336 g/mol. The van der Waals surface area contributed by atoms with E-state index < -0.39 is 0 Å². The first-order valence-corrected chi connectivity index (χ1v) is 9.68. The van der Waals surface area contributed by atoms with Crippen LogP contribution >= 0.6 is 0 Å². The summed E-state index contributed by atoms with van der Waals surface area (Å²) in [6, 6.07) is 16.6. The van der Waals surface area contributed by atoms with Gasteiger partial charge in [-0.25, -0.2) is 0 Å². The average molecular weight is 367 g/mol. The van der Waals surface area contributed by atoms with Crippen LogP contribution in [0.25, 0.3) is 0 Å². The van der Waals surface area contributed by atoms with Crippen molar-refractivity contribution >= 4 is 5.97 Å². The highest BCUT2D eigenvalue weighted by Gasteiger charge is 2.45. The molecule has 1 saturated carbocycles. The van der Waals surface area contributed by atoms with Crippen molar-refractivity contribution in [3.05, 3.63) is 59.7 Å². The number of carbonyl (C=O) groups excluding carboxylic acids is 1. The van der Waals surface area contributed by atoms with E-state index in [4.69, 9.17) is 9.47 Å². The molecule has 0 heterocycles. The fraction of sp³-hybridized carbons (Fsp3) is 0.458. The summed E-state index contributed by atoms with van der Waals surface area (Å²) in [5.41, 5.74) is 2.81. The zero-order valence-corrected chi connectivity index (χ0v) is 17.0. The van der Waals surface area contributed by atoms with Crippen molar-refractivity contribution in [3.8, 4) is 11.5 Å². The molecule has 0 bridgehead atoms. The number of ether oxygens (including phenoxy) is 2. The largest absolute Gasteiger partial charge is 0.497 e. The molecule has 2 atom stereocenters. The van der Waals surface area contributed by atoms with Gasteiger partial charge in [0.2, 0.25) is 0 Å². The van der Waals surface area contributed by atoms with Crippen LogP contribution in [0.1, 0.15) is 58.1 Å². The van der Waals surface area contributed by atoms with E-state index in [0.717, 1.165) is 18.6 Å². The Bertz CT molecular complexity index is 789. The highest BCUT2D eigenvalue weighted by Crippen LogP contribution is 2.53. The standard InChI is InChI=1S/C24H30O3/c1-17-14-23(3,4)16-24(15-17,19-6-10-21(26-5)11-7-19)20-8-12-22(13-9-20)27-18(2)25/h6-13,17H,14-16H2,1-5H3. The summed E-state index contributed by atoms with van der Waals surface area (Å²) in [5.74, 6) is 1.81. The van der Waals surface area contributed by atoms with Crippen LogP contribution in [0.3, 0.4) is 0 Å². The zero-order valence-electron chi connectivity index (χ0n) is 17.0. The van der Waals surface area contributed by atoms with Crippen molar-refractivity contribution in [3.63, 3.8) is 0 Å². The van der Waals surface area contributed by atoms with Gasteiger partial charge in [0.25, 0.3) is 0 Å². The van der Waals surface area contributed by atoms with Crippen molar-refractivity contribution in [1.82, 2.24) is 0 Å². The summed E-state index contributed by atoms with van der Waals surface area (Å²) in [6.45, 7) is 8.52. The van der Waals surface area contributed by atoms with Gasteiger partial charge in [0, 0.05) is 12.3 Å². The van der Waals surface area contributed by atoms with E-state index in [1.165, 1.54) is 24.5 Å². The maximum absolute atomic E-state index is 11.2. The lowest BCUT2D eigenvalue weighted by atomic mass is 9.55. The van der Waals surface area contributed by atoms with Crippen molar-refractivity contribution in [2.75, 3.05) is 7.11 Å². The normalized spacial score (nSPS) is 24.3. The van der Waals surface area contributed by atoms with Crippen LogP contribution in [0.5, 0.6) is 11.5 Å². The second-order valence-electron chi connectivity index (χ2n) is 8.78. The molecule has 0 radical (unpaired) electrons. The molecule has 27 heavy (non-hydrogen) atoms. The van der Waals surface area contributed by atoms with Crippen molar-refractivity contribution in [2.45, 2.75) is 52.4 Å². The summed E-state index contributed by atoms with van der Waals surface area (Å²) < 4.78 is 10.6. The smallest absolute Gasteiger partial charge is 0.308 e.